The van der Waals surface area contributed by atoms with Gasteiger partial charge in [0.2, 0.25) is 20.0 Å². The predicted molar refractivity (Wildman–Crippen MR) is 136 cm³/mol. The van der Waals surface area contributed by atoms with Crippen molar-refractivity contribution in [3.63, 3.8) is 0 Å². The summed E-state index contributed by atoms with van der Waals surface area (Å²) in [5, 5.41) is 0.572. The minimum Gasteiger partial charge on any atom is -0.486 e. The molecule has 3 aromatic rings. The lowest BCUT2D eigenvalue weighted by molar-refractivity contribution is 0.170. The second-order valence-corrected chi connectivity index (χ2v) is 13.7. The van der Waals surface area contributed by atoms with Crippen LogP contribution in [0.4, 0.5) is 0 Å². The first-order valence-electron chi connectivity index (χ1n) is 12.1. The highest BCUT2D eigenvalue weighted by atomic mass is 32.2. The molecule has 2 atom stereocenters. The van der Waals surface area contributed by atoms with Crippen molar-refractivity contribution in [2.75, 3.05) is 26.0 Å². The van der Waals surface area contributed by atoms with Crippen LogP contribution in [0.5, 0.6) is 11.5 Å². The van der Waals surface area contributed by atoms with E-state index in [2.05, 4.69) is 9.62 Å². The van der Waals surface area contributed by atoms with Crippen molar-refractivity contribution >= 4 is 30.9 Å². The van der Waals surface area contributed by atoms with Crippen molar-refractivity contribution < 1.29 is 26.3 Å². The van der Waals surface area contributed by atoms with Crippen LogP contribution in [-0.4, -0.2) is 63.0 Å². The Morgan fingerprint density at radius 2 is 1.75 bits per heavy atom. The predicted octanol–water partition coefficient (Wildman–Crippen LogP) is 2.62. The third-order valence-electron chi connectivity index (χ3n) is 7.21. The van der Waals surface area contributed by atoms with Crippen LogP contribution in [0.15, 0.2) is 48.7 Å². The SMILES string of the molecule is CS(=O)(=O)n1ccc2c(CN3CC[C@H](NS(=O)(=O)C4CC4)C3c3ccc4c(c3)OCCO4)cccc21. The van der Waals surface area contributed by atoms with Gasteiger partial charge >= 0.3 is 0 Å². The molecule has 1 saturated carbocycles. The Hall–Kier alpha value is -2.60. The van der Waals surface area contributed by atoms with Crippen LogP contribution in [0, 0.1) is 0 Å². The molecule has 36 heavy (non-hydrogen) atoms. The number of benzene rings is 2. The van der Waals surface area contributed by atoms with Gasteiger partial charge in [0, 0.05) is 30.7 Å². The first-order chi connectivity index (χ1) is 17.2. The number of hydrogen-bond acceptors (Lipinski definition) is 7. The molecular formula is C25H29N3O6S2. The summed E-state index contributed by atoms with van der Waals surface area (Å²) in [5.41, 5.74) is 2.58. The molecule has 3 aliphatic rings. The Bertz CT molecular complexity index is 1530. The largest absolute Gasteiger partial charge is 0.486 e. The summed E-state index contributed by atoms with van der Waals surface area (Å²) in [6.07, 6.45) is 4.86. The Morgan fingerprint density at radius 3 is 2.50 bits per heavy atom. The van der Waals surface area contributed by atoms with Gasteiger partial charge in [-0.1, -0.05) is 18.2 Å². The van der Waals surface area contributed by atoms with Gasteiger partial charge < -0.3 is 9.47 Å². The Balaban J connectivity index is 1.36. The molecule has 2 fully saturated rings. The summed E-state index contributed by atoms with van der Waals surface area (Å²) in [6.45, 7) is 2.22. The van der Waals surface area contributed by atoms with E-state index in [0.29, 0.717) is 62.6 Å². The van der Waals surface area contributed by atoms with Crippen molar-refractivity contribution in [3.8, 4) is 11.5 Å². The molecular weight excluding hydrogens is 502 g/mol. The topological polar surface area (TPSA) is 107 Å². The summed E-state index contributed by atoms with van der Waals surface area (Å²) in [5.74, 6) is 1.36. The quantitative estimate of drug-likeness (QED) is 0.500. The molecule has 11 heteroatoms. The molecule has 0 amide bonds. The van der Waals surface area contributed by atoms with Gasteiger partial charge in [-0.2, -0.15) is 0 Å². The van der Waals surface area contributed by atoms with Crippen molar-refractivity contribution in [1.29, 1.82) is 0 Å². The standard InChI is InChI=1S/C25H29N3O6S2/c1-35(29,30)28-12-9-20-18(3-2-4-22(20)28)16-27-11-10-21(26-36(31,32)19-6-7-19)25(27)17-5-8-23-24(15-17)34-14-13-33-23/h2-5,8-9,12,15,19,21,25-26H,6-7,10-11,13-14,16H2,1H3/t21-,25?/m0/s1. The molecule has 1 aliphatic carbocycles. The highest BCUT2D eigenvalue weighted by molar-refractivity contribution is 7.90. The Labute approximate surface area is 211 Å². The van der Waals surface area contributed by atoms with E-state index in [9.17, 15) is 16.8 Å². The van der Waals surface area contributed by atoms with E-state index in [1.165, 1.54) is 10.2 Å². The molecule has 192 valence electrons. The number of fused-ring (bicyclic) bond motifs is 2. The van der Waals surface area contributed by atoms with Crippen LogP contribution in [-0.2, 0) is 26.6 Å². The molecule has 2 aromatic carbocycles. The number of rotatable bonds is 7. The molecule has 0 spiro atoms. The smallest absolute Gasteiger partial charge is 0.236 e. The monoisotopic (exact) mass is 531 g/mol. The lowest BCUT2D eigenvalue weighted by Crippen LogP contribution is -2.41. The molecule has 1 unspecified atom stereocenters. The molecule has 3 heterocycles. The van der Waals surface area contributed by atoms with E-state index < -0.39 is 20.0 Å². The minimum absolute atomic E-state index is 0.207. The van der Waals surface area contributed by atoms with Crippen LogP contribution in [0.25, 0.3) is 10.9 Å². The van der Waals surface area contributed by atoms with Crippen molar-refractivity contribution in [3.05, 3.63) is 59.8 Å². The first-order valence-corrected chi connectivity index (χ1v) is 15.5. The average Bonchev–Trinajstić information content (AvgIpc) is 3.51. The van der Waals surface area contributed by atoms with Gasteiger partial charge in [-0.25, -0.2) is 25.5 Å². The minimum atomic E-state index is -3.42. The van der Waals surface area contributed by atoms with Crippen molar-refractivity contribution in [1.82, 2.24) is 13.6 Å². The summed E-state index contributed by atoms with van der Waals surface area (Å²) in [6, 6.07) is 12.8. The van der Waals surface area contributed by atoms with Gasteiger partial charge in [-0.05, 0) is 54.7 Å². The number of nitrogens with one attached hydrogen (secondary N) is 1. The van der Waals surface area contributed by atoms with Crippen LogP contribution in [0.2, 0.25) is 0 Å². The zero-order valence-electron chi connectivity index (χ0n) is 20.0. The molecule has 1 aromatic heterocycles. The summed E-state index contributed by atoms with van der Waals surface area (Å²) in [7, 11) is -6.80. The maximum atomic E-state index is 12.9. The number of ether oxygens (including phenoxy) is 2. The molecule has 1 N–H and O–H groups in total. The van der Waals surface area contributed by atoms with Crippen LogP contribution < -0.4 is 14.2 Å². The van der Waals surface area contributed by atoms with Gasteiger partial charge in [0.1, 0.15) is 13.2 Å². The van der Waals surface area contributed by atoms with E-state index in [1.54, 1.807) is 12.3 Å². The second-order valence-electron chi connectivity index (χ2n) is 9.80. The second kappa shape index (κ2) is 8.76. The van der Waals surface area contributed by atoms with Crippen molar-refractivity contribution in [2.24, 2.45) is 0 Å². The van der Waals surface area contributed by atoms with Crippen LogP contribution in [0.1, 0.15) is 36.4 Å². The van der Waals surface area contributed by atoms with Crippen molar-refractivity contribution in [2.45, 2.75) is 43.1 Å². The molecule has 9 nitrogen and oxygen atoms in total. The van der Waals surface area contributed by atoms with Gasteiger partial charge in [-0.15, -0.1) is 0 Å². The third kappa shape index (κ3) is 4.38. The van der Waals surface area contributed by atoms with E-state index in [-0.39, 0.29) is 17.3 Å². The van der Waals surface area contributed by atoms with Crippen LogP contribution >= 0.6 is 0 Å². The summed E-state index contributed by atoms with van der Waals surface area (Å²) < 4.78 is 66.0. The molecule has 1 saturated heterocycles. The fourth-order valence-corrected chi connectivity index (χ4v) is 7.80. The van der Waals surface area contributed by atoms with E-state index in [4.69, 9.17) is 9.47 Å². The highest BCUT2D eigenvalue weighted by Crippen LogP contribution is 2.40. The van der Waals surface area contributed by atoms with Crippen LogP contribution in [0.3, 0.4) is 0 Å². The summed E-state index contributed by atoms with van der Waals surface area (Å²) >= 11 is 0. The maximum absolute atomic E-state index is 12.9. The van der Waals surface area contributed by atoms with Gasteiger partial charge in [-0.3, -0.25) is 4.90 Å². The lowest BCUT2D eigenvalue weighted by atomic mass is 9.99. The number of hydrogen-bond donors (Lipinski definition) is 1. The third-order valence-corrected chi connectivity index (χ3v) is 10.2. The zero-order valence-corrected chi connectivity index (χ0v) is 21.6. The number of likely N-dealkylation sites (tertiary alicyclic amines) is 1. The normalized spacial score (nSPS) is 22.8. The zero-order chi connectivity index (χ0) is 25.1. The Morgan fingerprint density at radius 1 is 0.972 bits per heavy atom. The molecule has 0 radical (unpaired) electrons. The maximum Gasteiger partial charge on any atom is 0.236 e. The first kappa shape index (κ1) is 23.8. The Kier molecular flexibility index (Phi) is 5.78. The van der Waals surface area contributed by atoms with Gasteiger partial charge in [0.25, 0.3) is 0 Å². The molecule has 6 rings (SSSR count). The molecule has 2 aliphatic heterocycles. The lowest BCUT2D eigenvalue weighted by Gasteiger charge is -2.30. The van der Waals surface area contributed by atoms with E-state index >= 15 is 0 Å². The van der Waals surface area contributed by atoms with Gasteiger partial charge in [0.05, 0.1) is 23.1 Å². The van der Waals surface area contributed by atoms with E-state index in [1.807, 2.05) is 36.4 Å². The fraction of sp³-hybridized carbons (Fsp3) is 0.440. The molecule has 0 bridgehead atoms. The highest BCUT2D eigenvalue weighted by Gasteiger charge is 2.42. The summed E-state index contributed by atoms with van der Waals surface area (Å²) in [4.78, 5) is 2.26. The van der Waals surface area contributed by atoms with E-state index in [0.717, 1.165) is 16.5 Å². The fourth-order valence-electron chi connectivity index (χ4n) is 5.38. The number of nitrogens with zero attached hydrogens (tertiary/aromatic N) is 2. The number of sulfonamides is 1. The number of aromatic nitrogens is 1. The average molecular weight is 532 g/mol. The van der Waals surface area contributed by atoms with Gasteiger partial charge in [0.15, 0.2) is 11.5 Å².